The van der Waals surface area contributed by atoms with Crippen molar-refractivity contribution < 1.29 is 4.79 Å². The fourth-order valence-corrected chi connectivity index (χ4v) is 3.89. The molecule has 33 heavy (non-hydrogen) atoms. The zero-order chi connectivity index (χ0) is 23.4. The number of rotatable bonds is 6. The normalized spacial score (nSPS) is 10.6. The van der Waals surface area contributed by atoms with Gasteiger partial charge in [0.25, 0.3) is 5.91 Å². The zero-order valence-electron chi connectivity index (χ0n) is 18.3. The fraction of sp³-hybridized carbons (Fsp3) is 0.154. The van der Waals surface area contributed by atoms with Gasteiger partial charge >= 0.3 is 0 Å². The van der Waals surface area contributed by atoms with E-state index in [1.165, 1.54) is 0 Å². The van der Waals surface area contributed by atoms with Crippen molar-refractivity contribution in [3.05, 3.63) is 111 Å². The summed E-state index contributed by atoms with van der Waals surface area (Å²) < 4.78 is 1.85. The maximum atomic E-state index is 12.5. The van der Waals surface area contributed by atoms with Gasteiger partial charge in [-0.25, -0.2) is 4.68 Å². The molecule has 0 radical (unpaired) electrons. The Morgan fingerprint density at radius 1 is 1.12 bits per heavy atom. The summed E-state index contributed by atoms with van der Waals surface area (Å²) in [6.07, 6.45) is 4.13. The van der Waals surface area contributed by atoms with E-state index in [2.05, 4.69) is 21.5 Å². The molecule has 0 aliphatic rings. The molecule has 0 saturated carbocycles. The Labute approximate surface area is 197 Å². The molecular weight excluding hydrogens is 434 g/mol. The number of carbonyl (C=O) groups excluding carboxylic acids is 1. The average molecular weight is 456 g/mol. The van der Waals surface area contributed by atoms with E-state index >= 15 is 0 Å². The van der Waals surface area contributed by atoms with Gasteiger partial charge in [0.2, 0.25) is 0 Å². The minimum atomic E-state index is -0.122. The molecule has 6 nitrogen and oxygen atoms in total. The summed E-state index contributed by atoms with van der Waals surface area (Å²) in [5, 5.41) is 17.1. The van der Waals surface area contributed by atoms with Gasteiger partial charge in [0, 0.05) is 42.2 Å². The third-order valence-electron chi connectivity index (χ3n) is 5.53. The Morgan fingerprint density at radius 3 is 2.58 bits per heavy atom. The molecule has 7 heteroatoms. The summed E-state index contributed by atoms with van der Waals surface area (Å²) in [6, 6.07) is 18.7. The van der Waals surface area contributed by atoms with Crippen molar-refractivity contribution in [2.24, 2.45) is 0 Å². The third kappa shape index (κ3) is 4.94. The van der Waals surface area contributed by atoms with E-state index in [4.69, 9.17) is 16.9 Å². The molecule has 0 atom stereocenters. The van der Waals surface area contributed by atoms with Crippen LogP contribution in [0.5, 0.6) is 0 Å². The lowest BCUT2D eigenvalue weighted by Crippen LogP contribution is -2.22. The first-order valence-corrected chi connectivity index (χ1v) is 10.8. The molecule has 1 N–H and O–H groups in total. The summed E-state index contributed by atoms with van der Waals surface area (Å²) >= 11 is 6.21. The Balaban J connectivity index is 1.48. The van der Waals surface area contributed by atoms with Gasteiger partial charge in [-0.2, -0.15) is 10.4 Å². The van der Waals surface area contributed by atoms with Gasteiger partial charge in [-0.15, -0.1) is 0 Å². The van der Waals surface area contributed by atoms with Crippen molar-refractivity contribution in [3.8, 4) is 11.8 Å². The molecule has 2 heterocycles. The second kappa shape index (κ2) is 9.68. The monoisotopic (exact) mass is 455 g/mol. The van der Waals surface area contributed by atoms with Crippen LogP contribution in [0.25, 0.3) is 5.69 Å². The van der Waals surface area contributed by atoms with Crippen LogP contribution in [0.2, 0.25) is 5.02 Å². The molecule has 0 saturated heterocycles. The SMILES string of the molecule is Cc1nn(-c2ccc(C#N)c(Cl)c2)c(C)c1Cc1ccc(C(=O)NCc2cccnc2)cc1. The van der Waals surface area contributed by atoms with Crippen LogP contribution < -0.4 is 5.32 Å². The van der Waals surface area contributed by atoms with Crippen molar-refractivity contribution in [2.75, 3.05) is 0 Å². The van der Waals surface area contributed by atoms with E-state index in [-0.39, 0.29) is 5.91 Å². The molecule has 0 aliphatic heterocycles. The standard InChI is InChI=1S/C26H22ClN5O/c1-17-24(18(2)32(31-17)23-10-9-22(14-28)25(27)13-23)12-19-5-7-21(8-6-19)26(33)30-16-20-4-3-11-29-15-20/h3-11,13,15H,12,16H2,1-2H3,(H,30,33). The maximum absolute atomic E-state index is 12.5. The van der Waals surface area contributed by atoms with E-state index in [0.717, 1.165) is 33.8 Å². The lowest BCUT2D eigenvalue weighted by molar-refractivity contribution is 0.0951. The number of halogens is 1. The summed E-state index contributed by atoms with van der Waals surface area (Å²) in [7, 11) is 0. The number of amides is 1. The first-order valence-electron chi connectivity index (χ1n) is 10.5. The molecule has 164 valence electrons. The number of nitrogens with zero attached hydrogens (tertiary/aromatic N) is 4. The Hall–Kier alpha value is -3.95. The zero-order valence-corrected chi connectivity index (χ0v) is 19.1. The second-order valence-corrected chi connectivity index (χ2v) is 8.16. The molecule has 1 amide bonds. The van der Waals surface area contributed by atoms with Crippen LogP contribution in [-0.4, -0.2) is 20.7 Å². The maximum Gasteiger partial charge on any atom is 0.251 e. The third-order valence-corrected chi connectivity index (χ3v) is 5.84. The number of hydrogen-bond acceptors (Lipinski definition) is 4. The number of benzene rings is 2. The van der Waals surface area contributed by atoms with Gasteiger partial charge in [0.05, 0.1) is 22.0 Å². The highest BCUT2D eigenvalue weighted by Crippen LogP contribution is 2.24. The minimum absolute atomic E-state index is 0.122. The summed E-state index contributed by atoms with van der Waals surface area (Å²) in [4.78, 5) is 16.5. The summed E-state index contributed by atoms with van der Waals surface area (Å²) in [5.41, 5.74) is 6.94. The highest BCUT2D eigenvalue weighted by molar-refractivity contribution is 6.31. The first kappa shape index (κ1) is 22.3. The molecule has 0 spiro atoms. The van der Waals surface area contributed by atoms with Crippen LogP contribution in [0.15, 0.2) is 67.0 Å². The van der Waals surface area contributed by atoms with Gasteiger partial charge < -0.3 is 5.32 Å². The molecule has 0 fully saturated rings. The van der Waals surface area contributed by atoms with E-state index in [9.17, 15) is 4.79 Å². The predicted octanol–water partition coefficient (Wildman–Crippen LogP) is 4.93. The molecule has 0 aliphatic carbocycles. The van der Waals surface area contributed by atoms with Gasteiger partial charge in [-0.05, 0) is 61.4 Å². The van der Waals surface area contributed by atoms with Gasteiger partial charge in [0.1, 0.15) is 6.07 Å². The van der Waals surface area contributed by atoms with Crippen LogP contribution in [-0.2, 0) is 13.0 Å². The number of nitriles is 1. The smallest absolute Gasteiger partial charge is 0.251 e. The van der Waals surface area contributed by atoms with Crippen LogP contribution in [0.4, 0.5) is 0 Å². The largest absolute Gasteiger partial charge is 0.348 e. The quantitative estimate of drug-likeness (QED) is 0.446. The number of hydrogen-bond donors (Lipinski definition) is 1. The lowest BCUT2D eigenvalue weighted by Gasteiger charge is -2.08. The Kier molecular flexibility index (Phi) is 6.53. The highest BCUT2D eigenvalue weighted by Gasteiger charge is 2.15. The first-order chi connectivity index (χ1) is 16.0. The van der Waals surface area contributed by atoms with Crippen LogP contribution in [0.1, 0.15) is 44.0 Å². The van der Waals surface area contributed by atoms with Gasteiger partial charge in [-0.1, -0.05) is 29.8 Å². The van der Waals surface area contributed by atoms with Crippen molar-refractivity contribution >= 4 is 17.5 Å². The topological polar surface area (TPSA) is 83.6 Å². The fourth-order valence-electron chi connectivity index (χ4n) is 3.67. The number of carbonyl (C=O) groups is 1. The number of aryl methyl sites for hydroxylation is 1. The second-order valence-electron chi connectivity index (χ2n) is 7.75. The summed E-state index contributed by atoms with van der Waals surface area (Å²) in [6.45, 7) is 4.43. The van der Waals surface area contributed by atoms with Gasteiger partial charge in [-0.3, -0.25) is 9.78 Å². The van der Waals surface area contributed by atoms with Crippen molar-refractivity contribution in [3.63, 3.8) is 0 Å². The van der Waals surface area contributed by atoms with Crippen molar-refractivity contribution in [1.29, 1.82) is 5.26 Å². The van der Waals surface area contributed by atoms with E-state index in [1.807, 2.05) is 61.0 Å². The summed E-state index contributed by atoms with van der Waals surface area (Å²) in [5.74, 6) is -0.122. The van der Waals surface area contributed by atoms with Crippen molar-refractivity contribution in [2.45, 2.75) is 26.8 Å². The Bertz CT molecular complexity index is 1340. The van der Waals surface area contributed by atoms with Crippen LogP contribution in [0, 0.1) is 25.2 Å². The molecule has 4 rings (SSSR count). The van der Waals surface area contributed by atoms with Crippen LogP contribution in [0.3, 0.4) is 0 Å². The number of pyridine rings is 1. The van der Waals surface area contributed by atoms with Gasteiger partial charge in [0.15, 0.2) is 0 Å². The number of aromatic nitrogens is 3. The molecule has 2 aromatic carbocycles. The average Bonchev–Trinajstić information content (AvgIpc) is 3.12. The lowest BCUT2D eigenvalue weighted by atomic mass is 10.0. The molecule has 0 bridgehead atoms. The van der Waals surface area contributed by atoms with E-state index < -0.39 is 0 Å². The molecular formula is C26H22ClN5O. The van der Waals surface area contributed by atoms with Crippen molar-refractivity contribution in [1.82, 2.24) is 20.1 Å². The molecule has 0 unspecified atom stereocenters. The number of nitrogens with one attached hydrogen (secondary N) is 1. The van der Waals surface area contributed by atoms with E-state index in [0.29, 0.717) is 29.1 Å². The van der Waals surface area contributed by atoms with Crippen LogP contribution >= 0.6 is 11.6 Å². The highest BCUT2D eigenvalue weighted by atomic mass is 35.5. The Morgan fingerprint density at radius 2 is 1.91 bits per heavy atom. The predicted molar refractivity (Wildman–Crippen MR) is 127 cm³/mol. The minimum Gasteiger partial charge on any atom is -0.348 e. The van der Waals surface area contributed by atoms with E-state index in [1.54, 1.807) is 24.5 Å². The molecule has 4 aromatic rings. The molecule has 2 aromatic heterocycles.